The standard InChI is InChI=1S/C29H42N4O4S/c1-19(2)36-28(34)31-23-10-8-21(9-11-23)27-30-17-26(38-27)25-13-12-24(32-29(35)37-20(3)4)16-22(25)18-33-14-6-5-7-15-33/h12-13,16-17,19-21,23H,5-11,14-15,18H2,1-4H3,(H,31,34)(H,32,35)/t21-,23-. The zero-order valence-electron chi connectivity index (χ0n) is 23.1. The number of benzene rings is 1. The van der Waals surface area contributed by atoms with Crippen LogP contribution in [0.4, 0.5) is 15.3 Å². The van der Waals surface area contributed by atoms with Crippen LogP contribution in [0.15, 0.2) is 24.4 Å². The molecule has 1 saturated heterocycles. The average Bonchev–Trinajstić information content (AvgIpc) is 3.34. The maximum absolute atomic E-state index is 12.2. The maximum Gasteiger partial charge on any atom is 0.411 e. The Balaban J connectivity index is 1.45. The van der Waals surface area contributed by atoms with Crippen LogP contribution in [-0.4, -0.2) is 53.4 Å². The smallest absolute Gasteiger partial charge is 0.411 e. The van der Waals surface area contributed by atoms with E-state index in [-0.39, 0.29) is 24.3 Å². The Morgan fingerprint density at radius 1 is 1.00 bits per heavy atom. The minimum absolute atomic E-state index is 0.112. The number of alkyl carbamates (subject to hydrolysis) is 1. The van der Waals surface area contributed by atoms with Crippen molar-refractivity contribution in [1.29, 1.82) is 0 Å². The van der Waals surface area contributed by atoms with Gasteiger partial charge in [-0.25, -0.2) is 14.6 Å². The summed E-state index contributed by atoms with van der Waals surface area (Å²) in [6.45, 7) is 10.5. The van der Waals surface area contributed by atoms with Crippen molar-refractivity contribution in [3.8, 4) is 10.4 Å². The van der Waals surface area contributed by atoms with E-state index in [9.17, 15) is 9.59 Å². The predicted octanol–water partition coefficient (Wildman–Crippen LogP) is 6.91. The molecule has 1 aliphatic heterocycles. The number of amides is 2. The molecule has 1 saturated carbocycles. The molecular formula is C29H42N4O4S. The zero-order chi connectivity index (χ0) is 27.1. The van der Waals surface area contributed by atoms with Gasteiger partial charge < -0.3 is 14.8 Å². The van der Waals surface area contributed by atoms with E-state index in [1.165, 1.54) is 30.4 Å². The Morgan fingerprint density at radius 2 is 1.68 bits per heavy atom. The van der Waals surface area contributed by atoms with Crippen molar-refractivity contribution in [3.05, 3.63) is 35.0 Å². The fraction of sp³-hybridized carbons (Fsp3) is 0.621. The number of hydrogen-bond donors (Lipinski definition) is 2. The summed E-state index contributed by atoms with van der Waals surface area (Å²) in [6, 6.07) is 6.29. The number of anilines is 1. The molecule has 2 aliphatic rings. The summed E-state index contributed by atoms with van der Waals surface area (Å²) in [7, 11) is 0. The monoisotopic (exact) mass is 542 g/mol. The van der Waals surface area contributed by atoms with E-state index in [4.69, 9.17) is 14.5 Å². The van der Waals surface area contributed by atoms with E-state index in [0.29, 0.717) is 5.92 Å². The van der Waals surface area contributed by atoms with Gasteiger partial charge in [-0.05, 0) is 103 Å². The number of nitrogens with zero attached hydrogens (tertiary/aromatic N) is 2. The Kier molecular flexibility index (Phi) is 10.0. The van der Waals surface area contributed by atoms with Gasteiger partial charge in [-0.1, -0.05) is 12.5 Å². The molecule has 2 aromatic rings. The summed E-state index contributed by atoms with van der Waals surface area (Å²) in [5.74, 6) is 0.408. The minimum atomic E-state index is -0.431. The lowest BCUT2D eigenvalue weighted by molar-refractivity contribution is 0.109. The average molecular weight is 543 g/mol. The number of hydrogen-bond acceptors (Lipinski definition) is 7. The summed E-state index contributed by atoms with van der Waals surface area (Å²) in [4.78, 5) is 32.7. The first-order chi connectivity index (χ1) is 18.3. The molecular weight excluding hydrogens is 500 g/mol. The summed E-state index contributed by atoms with van der Waals surface area (Å²) in [5, 5.41) is 7.05. The van der Waals surface area contributed by atoms with E-state index >= 15 is 0 Å². The largest absolute Gasteiger partial charge is 0.447 e. The van der Waals surface area contributed by atoms with Gasteiger partial charge in [0.2, 0.25) is 0 Å². The van der Waals surface area contributed by atoms with Crippen LogP contribution in [0.3, 0.4) is 0 Å². The van der Waals surface area contributed by atoms with Crippen LogP contribution in [0.2, 0.25) is 0 Å². The highest BCUT2D eigenvalue weighted by Crippen LogP contribution is 2.39. The normalized spacial score (nSPS) is 20.4. The van der Waals surface area contributed by atoms with Gasteiger partial charge in [0, 0.05) is 30.4 Å². The number of likely N-dealkylation sites (tertiary alicyclic amines) is 1. The summed E-state index contributed by atoms with van der Waals surface area (Å²) in [5.41, 5.74) is 3.12. The van der Waals surface area contributed by atoms with Crippen molar-refractivity contribution < 1.29 is 19.1 Å². The summed E-state index contributed by atoms with van der Waals surface area (Å²) >= 11 is 1.77. The van der Waals surface area contributed by atoms with Gasteiger partial charge in [-0.3, -0.25) is 10.2 Å². The fourth-order valence-electron chi connectivity index (χ4n) is 5.26. The van der Waals surface area contributed by atoms with Gasteiger partial charge in [-0.2, -0.15) is 0 Å². The highest BCUT2D eigenvalue weighted by Gasteiger charge is 2.26. The van der Waals surface area contributed by atoms with Gasteiger partial charge in [0.15, 0.2) is 0 Å². The van der Waals surface area contributed by atoms with Gasteiger partial charge in [0.1, 0.15) is 0 Å². The SMILES string of the molecule is CC(C)OC(=O)Nc1ccc(-c2cnc([C@H]3CC[C@H](NC(=O)OC(C)C)CC3)s2)c(CN2CCCCC2)c1. The molecule has 1 aromatic heterocycles. The highest BCUT2D eigenvalue weighted by molar-refractivity contribution is 7.15. The van der Waals surface area contributed by atoms with Gasteiger partial charge in [-0.15, -0.1) is 11.3 Å². The summed E-state index contributed by atoms with van der Waals surface area (Å²) in [6.07, 6.45) is 8.57. The van der Waals surface area contributed by atoms with Gasteiger partial charge in [0.25, 0.3) is 0 Å². The number of carbonyl (C=O) groups excluding carboxylic acids is 2. The van der Waals surface area contributed by atoms with Crippen LogP contribution >= 0.6 is 11.3 Å². The topological polar surface area (TPSA) is 92.8 Å². The van der Waals surface area contributed by atoms with Crippen LogP contribution in [0.25, 0.3) is 10.4 Å². The van der Waals surface area contributed by atoms with Crippen LogP contribution in [0.5, 0.6) is 0 Å². The molecule has 0 unspecified atom stereocenters. The molecule has 2 N–H and O–H groups in total. The first-order valence-corrected chi connectivity index (χ1v) is 14.8. The lowest BCUT2D eigenvalue weighted by Gasteiger charge is -2.28. The van der Waals surface area contributed by atoms with Crippen molar-refractivity contribution in [2.75, 3.05) is 18.4 Å². The van der Waals surface area contributed by atoms with Crippen molar-refractivity contribution >= 4 is 29.2 Å². The highest BCUT2D eigenvalue weighted by atomic mass is 32.1. The van der Waals surface area contributed by atoms with E-state index in [0.717, 1.165) is 60.9 Å². The molecule has 9 heteroatoms. The third kappa shape index (κ3) is 8.17. The van der Waals surface area contributed by atoms with E-state index < -0.39 is 6.09 Å². The third-order valence-corrected chi connectivity index (χ3v) is 8.26. The summed E-state index contributed by atoms with van der Waals surface area (Å²) < 4.78 is 10.5. The lowest BCUT2D eigenvalue weighted by Crippen LogP contribution is -2.38. The number of nitrogens with one attached hydrogen (secondary N) is 2. The van der Waals surface area contributed by atoms with Crippen LogP contribution in [0.1, 0.15) is 89.1 Å². The number of aromatic nitrogens is 1. The molecule has 2 fully saturated rings. The minimum Gasteiger partial charge on any atom is -0.447 e. The van der Waals surface area contributed by atoms with E-state index in [1.807, 2.05) is 40.0 Å². The van der Waals surface area contributed by atoms with E-state index in [1.54, 1.807) is 11.3 Å². The van der Waals surface area contributed by atoms with Gasteiger partial charge >= 0.3 is 12.2 Å². The zero-order valence-corrected chi connectivity index (χ0v) is 23.9. The Morgan fingerprint density at radius 3 is 2.37 bits per heavy atom. The van der Waals surface area contributed by atoms with Gasteiger partial charge in [0.05, 0.1) is 22.1 Å². The molecule has 2 heterocycles. The van der Waals surface area contributed by atoms with Crippen molar-refractivity contribution in [3.63, 3.8) is 0 Å². The molecule has 0 radical (unpaired) electrons. The molecule has 8 nitrogen and oxygen atoms in total. The molecule has 2 amide bonds. The Hall–Kier alpha value is -2.65. The molecule has 1 aliphatic carbocycles. The quantitative estimate of drug-likeness (QED) is 0.376. The number of carbonyl (C=O) groups is 2. The molecule has 38 heavy (non-hydrogen) atoms. The molecule has 208 valence electrons. The van der Waals surface area contributed by atoms with E-state index in [2.05, 4.69) is 27.7 Å². The van der Waals surface area contributed by atoms with Crippen molar-refractivity contribution in [1.82, 2.24) is 15.2 Å². The number of rotatable bonds is 8. The fourth-order valence-corrected chi connectivity index (χ4v) is 6.41. The lowest BCUT2D eigenvalue weighted by atomic mass is 9.86. The Bertz CT molecular complexity index is 1070. The van der Waals surface area contributed by atoms with Crippen molar-refractivity contribution in [2.45, 2.75) is 103 Å². The first kappa shape index (κ1) is 28.4. The Labute approximate surface area is 230 Å². The van der Waals surface area contributed by atoms with Crippen LogP contribution < -0.4 is 10.6 Å². The van der Waals surface area contributed by atoms with Crippen molar-refractivity contribution in [2.24, 2.45) is 0 Å². The first-order valence-electron chi connectivity index (χ1n) is 14.0. The molecule has 4 rings (SSSR count). The number of piperidine rings is 1. The second kappa shape index (κ2) is 13.4. The molecule has 0 atom stereocenters. The maximum atomic E-state index is 12.2. The van der Waals surface area contributed by atoms with Crippen LogP contribution in [0, 0.1) is 0 Å². The number of ether oxygens (including phenoxy) is 2. The molecule has 1 aromatic carbocycles. The number of thiazole rings is 1. The second-order valence-electron chi connectivity index (χ2n) is 11.0. The second-order valence-corrected chi connectivity index (χ2v) is 12.1. The molecule has 0 spiro atoms. The van der Waals surface area contributed by atoms with Crippen LogP contribution in [-0.2, 0) is 16.0 Å². The molecule has 0 bridgehead atoms. The predicted molar refractivity (Wildman–Crippen MR) is 152 cm³/mol. The third-order valence-electron chi connectivity index (χ3n) is 7.07.